The molecule has 6 N–H and O–H groups in total. The van der Waals surface area contributed by atoms with Gasteiger partial charge in [-0.3, -0.25) is 4.79 Å². The zero-order valence-electron chi connectivity index (χ0n) is 14.0. The van der Waals surface area contributed by atoms with Gasteiger partial charge in [0.25, 0.3) is 0 Å². The summed E-state index contributed by atoms with van der Waals surface area (Å²) in [6, 6.07) is 4.31. The lowest BCUT2D eigenvalue weighted by atomic mass is 9.92. The Labute approximate surface area is 150 Å². The smallest absolute Gasteiger partial charge is 0.326 e. The van der Waals surface area contributed by atoms with E-state index in [4.69, 9.17) is 11.0 Å². The highest BCUT2D eigenvalue weighted by Crippen LogP contribution is 2.21. The van der Waals surface area contributed by atoms with Gasteiger partial charge >= 0.3 is 5.97 Å². The Morgan fingerprint density at radius 2 is 2.00 bits per heavy atom. The van der Waals surface area contributed by atoms with Crippen LogP contribution in [0.1, 0.15) is 18.4 Å². The number of hydrogen-bond donors (Lipinski definition) is 5. The third kappa shape index (κ3) is 5.61. The summed E-state index contributed by atoms with van der Waals surface area (Å²) in [6.07, 6.45) is 5.82. The molecule has 1 aliphatic carbocycles. The maximum Gasteiger partial charge on any atom is 0.326 e. The number of amides is 1. The summed E-state index contributed by atoms with van der Waals surface area (Å²) in [6.45, 7) is 0. The molecule has 0 aliphatic heterocycles. The number of phenols is 1. The number of nitrogens with two attached hydrogens (primary N) is 1. The first kappa shape index (κ1) is 19.5. The number of nitrogens with one attached hydrogen (secondary N) is 1. The number of allylic oxidation sites excluding steroid dienone is 3. The fourth-order valence-corrected chi connectivity index (χ4v) is 2.67. The summed E-state index contributed by atoms with van der Waals surface area (Å²) < 4.78 is 0. The number of carboxylic acid groups (broad SMARTS) is 1. The summed E-state index contributed by atoms with van der Waals surface area (Å²) in [4.78, 5) is 27.8. The van der Waals surface area contributed by atoms with Gasteiger partial charge in [-0.2, -0.15) is 0 Å². The zero-order valence-corrected chi connectivity index (χ0v) is 14.0. The number of carboxylic acids is 1. The average Bonchev–Trinajstić information content (AvgIpc) is 2.63. The molecule has 0 fully saturated rings. The first-order chi connectivity index (χ1) is 12.4. The number of carbonyl (C=O) groups is 2. The minimum atomic E-state index is -1.14. The van der Waals surface area contributed by atoms with Crippen molar-refractivity contribution in [3.8, 4) is 5.75 Å². The van der Waals surface area contributed by atoms with Crippen LogP contribution in [0.4, 0.5) is 0 Å². The lowest BCUT2D eigenvalue weighted by molar-refractivity contribution is -0.198. The first-order valence-electron chi connectivity index (χ1n) is 8.15. The Kier molecular flexibility index (Phi) is 6.76. The molecule has 0 saturated carbocycles. The normalized spacial score (nSPS) is 18.5. The molecule has 2 unspecified atom stereocenters. The van der Waals surface area contributed by atoms with E-state index in [9.17, 15) is 19.8 Å². The van der Waals surface area contributed by atoms with Crippen LogP contribution < -0.4 is 11.1 Å². The van der Waals surface area contributed by atoms with Crippen molar-refractivity contribution in [2.24, 2.45) is 11.7 Å². The number of rotatable bonds is 8. The fraction of sp³-hybridized carbons (Fsp3) is 0.333. The minimum absolute atomic E-state index is 0.108. The quantitative estimate of drug-likeness (QED) is 0.345. The van der Waals surface area contributed by atoms with Crippen molar-refractivity contribution in [2.75, 3.05) is 0 Å². The van der Waals surface area contributed by atoms with E-state index in [0.29, 0.717) is 12.2 Å². The molecule has 0 aromatic heterocycles. The topological polar surface area (TPSA) is 142 Å². The van der Waals surface area contributed by atoms with E-state index in [1.54, 1.807) is 30.4 Å². The Morgan fingerprint density at radius 3 is 2.54 bits per heavy atom. The zero-order chi connectivity index (χ0) is 19.1. The van der Waals surface area contributed by atoms with E-state index in [-0.39, 0.29) is 24.5 Å². The second-order valence-corrected chi connectivity index (χ2v) is 6.16. The van der Waals surface area contributed by atoms with Gasteiger partial charge in [0.1, 0.15) is 11.8 Å². The van der Waals surface area contributed by atoms with Crippen LogP contribution in [0.15, 0.2) is 48.3 Å². The van der Waals surface area contributed by atoms with Crippen molar-refractivity contribution in [3.05, 3.63) is 53.8 Å². The van der Waals surface area contributed by atoms with Crippen LogP contribution >= 0.6 is 0 Å². The lowest BCUT2D eigenvalue weighted by Gasteiger charge is -2.22. The molecule has 2 rings (SSSR count). The minimum Gasteiger partial charge on any atom is -0.508 e. The van der Waals surface area contributed by atoms with Crippen LogP contribution in [0.3, 0.4) is 0 Å². The molecule has 1 amide bonds. The highest BCUT2D eigenvalue weighted by Gasteiger charge is 2.26. The molecule has 26 heavy (non-hydrogen) atoms. The third-order valence-corrected chi connectivity index (χ3v) is 4.14. The number of carbonyl (C=O) groups excluding carboxylic acids is 1. The number of aromatic hydroxyl groups is 1. The number of phenolic OH excluding ortho intramolecular Hbond substituents is 1. The molecule has 1 aromatic rings. The van der Waals surface area contributed by atoms with Crippen LogP contribution in [0, 0.1) is 5.92 Å². The van der Waals surface area contributed by atoms with Gasteiger partial charge in [0.2, 0.25) is 5.91 Å². The molecular weight excluding hydrogens is 340 g/mol. The molecule has 140 valence electrons. The summed E-state index contributed by atoms with van der Waals surface area (Å²) in [5.74, 6) is -1.39. The second-order valence-electron chi connectivity index (χ2n) is 6.16. The van der Waals surface area contributed by atoms with E-state index >= 15 is 0 Å². The maximum absolute atomic E-state index is 12.2. The molecule has 3 atom stereocenters. The molecular formula is C18H22N2O6. The molecule has 0 radical (unpaired) electrons. The van der Waals surface area contributed by atoms with Gasteiger partial charge in [0.15, 0.2) is 5.76 Å². The first-order valence-corrected chi connectivity index (χ1v) is 8.15. The van der Waals surface area contributed by atoms with Gasteiger partial charge in [0.05, 0.1) is 6.04 Å². The summed E-state index contributed by atoms with van der Waals surface area (Å²) >= 11 is 0. The van der Waals surface area contributed by atoms with E-state index in [1.165, 1.54) is 12.1 Å². The van der Waals surface area contributed by atoms with Crippen LogP contribution in [0.2, 0.25) is 0 Å². The van der Waals surface area contributed by atoms with Crippen molar-refractivity contribution in [3.63, 3.8) is 0 Å². The van der Waals surface area contributed by atoms with Gasteiger partial charge < -0.3 is 26.2 Å². The standard InChI is InChI=1S/C18H22N2O6/c19-15(9-11-1-5-13(21)6-2-11)17(22)20-16(18(23)24)10-12-3-7-14(26-25)8-4-12/h1-3,5-8,12,15-16,21,25H,4,9-10,19H2,(H,20,22)(H,23,24)/t12?,15?,16-/m0/s1. The fourth-order valence-electron chi connectivity index (χ4n) is 2.67. The molecule has 8 heteroatoms. The highest BCUT2D eigenvalue weighted by atomic mass is 17.1. The van der Waals surface area contributed by atoms with Crippen LogP contribution in [0.5, 0.6) is 5.75 Å². The molecule has 0 bridgehead atoms. The Balaban J connectivity index is 1.91. The second kappa shape index (κ2) is 9.02. The molecule has 1 aromatic carbocycles. The van der Waals surface area contributed by atoms with Crippen LogP contribution in [-0.2, 0) is 20.9 Å². The maximum atomic E-state index is 12.2. The highest BCUT2D eigenvalue weighted by molar-refractivity contribution is 5.87. The van der Waals surface area contributed by atoms with E-state index in [0.717, 1.165) is 5.56 Å². The van der Waals surface area contributed by atoms with Crippen molar-refractivity contribution in [1.82, 2.24) is 5.32 Å². The predicted octanol–water partition coefficient (Wildman–Crippen LogP) is 1.17. The van der Waals surface area contributed by atoms with E-state index in [2.05, 4.69) is 10.2 Å². The summed E-state index contributed by atoms with van der Waals surface area (Å²) in [7, 11) is 0. The average molecular weight is 362 g/mol. The SMILES string of the molecule is NC(Cc1ccc(O)cc1)C(=O)N[C@@H](CC1C=CC(OO)=CC1)C(=O)O. The van der Waals surface area contributed by atoms with Gasteiger partial charge in [-0.15, -0.1) is 0 Å². The van der Waals surface area contributed by atoms with Gasteiger partial charge in [0, 0.05) is 0 Å². The Hall–Kier alpha value is -2.84. The number of benzene rings is 1. The number of aliphatic carboxylic acids is 1. The molecule has 0 heterocycles. The predicted molar refractivity (Wildman–Crippen MR) is 93.0 cm³/mol. The van der Waals surface area contributed by atoms with Crippen LogP contribution in [-0.4, -0.2) is 39.4 Å². The molecule has 1 aliphatic rings. The Morgan fingerprint density at radius 1 is 1.31 bits per heavy atom. The van der Waals surface area contributed by atoms with E-state index < -0.39 is 24.0 Å². The van der Waals surface area contributed by atoms with Crippen molar-refractivity contribution >= 4 is 11.9 Å². The lowest BCUT2D eigenvalue weighted by Crippen LogP contribution is -2.49. The molecule has 0 saturated heterocycles. The van der Waals surface area contributed by atoms with Crippen molar-refractivity contribution in [1.29, 1.82) is 0 Å². The summed E-state index contributed by atoms with van der Waals surface area (Å²) in [5, 5.41) is 29.7. The van der Waals surface area contributed by atoms with Gasteiger partial charge in [-0.05, 0) is 55.0 Å². The van der Waals surface area contributed by atoms with Crippen molar-refractivity contribution < 1.29 is 29.9 Å². The largest absolute Gasteiger partial charge is 0.508 e. The van der Waals surface area contributed by atoms with Gasteiger partial charge in [-0.25, -0.2) is 10.1 Å². The summed E-state index contributed by atoms with van der Waals surface area (Å²) in [5.41, 5.74) is 6.63. The van der Waals surface area contributed by atoms with Crippen LogP contribution in [0.25, 0.3) is 0 Å². The molecule has 0 spiro atoms. The Bertz CT molecular complexity index is 698. The number of hydrogen-bond acceptors (Lipinski definition) is 6. The van der Waals surface area contributed by atoms with Gasteiger partial charge in [-0.1, -0.05) is 18.2 Å². The molecule has 8 nitrogen and oxygen atoms in total. The van der Waals surface area contributed by atoms with Crippen molar-refractivity contribution in [2.45, 2.75) is 31.3 Å². The van der Waals surface area contributed by atoms with E-state index in [1.807, 2.05) is 0 Å². The third-order valence-electron chi connectivity index (χ3n) is 4.14. The monoisotopic (exact) mass is 362 g/mol.